The van der Waals surface area contributed by atoms with Gasteiger partial charge in [0.25, 0.3) is 5.56 Å². The highest BCUT2D eigenvalue weighted by molar-refractivity contribution is 5.94. The number of primary amides is 1. The number of anilines is 1. The van der Waals surface area contributed by atoms with Gasteiger partial charge in [-0.1, -0.05) is 0 Å². The van der Waals surface area contributed by atoms with E-state index in [-0.39, 0.29) is 17.9 Å². The third kappa shape index (κ3) is 6.02. The van der Waals surface area contributed by atoms with Crippen LogP contribution in [0.1, 0.15) is 30.1 Å². The van der Waals surface area contributed by atoms with E-state index >= 15 is 0 Å². The monoisotopic (exact) mass is 420 g/mol. The highest BCUT2D eigenvalue weighted by Crippen LogP contribution is 2.20. The van der Waals surface area contributed by atoms with Gasteiger partial charge in [-0.05, 0) is 67.9 Å². The van der Waals surface area contributed by atoms with E-state index in [4.69, 9.17) is 10.5 Å². The smallest absolute Gasteiger partial charge is 0.266 e. The van der Waals surface area contributed by atoms with Crippen LogP contribution in [0.25, 0.3) is 11.3 Å². The lowest BCUT2D eigenvalue weighted by Gasteiger charge is -2.09. The molecule has 0 aliphatic rings. The van der Waals surface area contributed by atoms with E-state index in [0.717, 1.165) is 11.3 Å². The van der Waals surface area contributed by atoms with Crippen LogP contribution in [0.5, 0.6) is 5.75 Å². The molecule has 3 aromatic rings. The number of hydrogen-bond acceptors (Lipinski definition) is 5. The summed E-state index contributed by atoms with van der Waals surface area (Å²) in [6.45, 7) is 2.83. The summed E-state index contributed by atoms with van der Waals surface area (Å²) >= 11 is 0. The molecule has 0 atom stereocenters. The number of hydrogen-bond donors (Lipinski definition) is 2. The van der Waals surface area contributed by atoms with Crippen molar-refractivity contribution >= 4 is 17.5 Å². The maximum Gasteiger partial charge on any atom is 0.266 e. The summed E-state index contributed by atoms with van der Waals surface area (Å²) in [5, 5.41) is 7.16. The summed E-state index contributed by atoms with van der Waals surface area (Å²) in [6, 6.07) is 17.0. The first-order valence-electron chi connectivity index (χ1n) is 9.97. The molecule has 0 bridgehead atoms. The van der Waals surface area contributed by atoms with Gasteiger partial charge in [-0.15, -0.1) is 0 Å². The van der Waals surface area contributed by atoms with Gasteiger partial charge in [-0.3, -0.25) is 14.4 Å². The van der Waals surface area contributed by atoms with Crippen molar-refractivity contribution in [3.05, 3.63) is 76.6 Å². The number of carbonyl (C=O) groups is 2. The fraction of sp³-hybridized carbons (Fsp3) is 0.217. The van der Waals surface area contributed by atoms with Gasteiger partial charge in [0.1, 0.15) is 5.75 Å². The number of ether oxygens (including phenoxy) is 1. The predicted octanol–water partition coefficient (Wildman–Crippen LogP) is 2.83. The molecule has 8 nitrogen and oxygen atoms in total. The first kappa shape index (κ1) is 21.8. The summed E-state index contributed by atoms with van der Waals surface area (Å²) in [7, 11) is 0. The third-order valence-corrected chi connectivity index (χ3v) is 4.55. The normalized spacial score (nSPS) is 10.5. The van der Waals surface area contributed by atoms with Crippen LogP contribution in [0.4, 0.5) is 5.69 Å². The van der Waals surface area contributed by atoms with Crippen LogP contribution >= 0.6 is 0 Å². The number of aryl methyl sites for hydroxylation is 1. The number of amides is 2. The quantitative estimate of drug-likeness (QED) is 0.552. The molecule has 0 aliphatic carbocycles. The molecule has 2 aromatic carbocycles. The molecule has 0 spiro atoms. The fourth-order valence-corrected chi connectivity index (χ4v) is 2.98. The molecule has 1 aromatic heterocycles. The molecule has 0 fully saturated rings. The molecule has 2 amide bonds. The van der Waals surface area contributed by atoms with Crippen LogP contribution in [0, 0.1) is 0 Å². The summed E-state index contributed by atoms with van der Waals surface area (Å²) < 4.78 is 6.80. The maximum absolute atomic E-state index is 12.2. The minimum atomic E-state index is -0.525. The second kappa shape index (κ2) is 10.2. The number of nitrogens with two attached hydrogens (primary N) is 1. The van der Waals surface area contributed by atoms with Crippen molar-refractivity contribution in [3.63, 3.8) is 0 Å². The molecular weight excluding hydrogens is 396 g/mol. The van der Waals surface area contributed by atoms with Crippen LogP contribution in [-0.4, -0.2) is 28.2 Å². The van der Waals surface area contributed by atoms with Crippen molar-refractivity contribution < 1.29 is 14.3 Å². The van der Waals surface area contributed by atoms with Crippen LogP contribution in [-0.2, 0) is 11.3 Å². The fourth-order valence-electron chi connectivity index (χ4n) is 2.98. The summed E-state index contributed by atoms with van der Waals surface area (Å²) in [5.41, 5.74) is 7.46. The zero-order valence-electron chi connectivity index (χ0n) is 17.2. The third-order valence-electron chi connectivity index (χ3n) is 4.55. The average molecular weight is 420 g/mol. The number of nitrogens with zero attached hydrogens (tertiary/aromatic N) is 2. The van der Waals surface area contributed by atoms with Crippen molar-refractivity contribution in [2.75, 3.05) is 11.9 Å². The molecule has 8 heteroatoms. The Hall–Kier alpha value is -3.94. The van der Waals surface area contributed by atoms with E-state index in [2.05, 4.69) is 10.4 Å². The lowest BCUT2D eigenvalue weighted by molar-refractivity contribution is -0.116. The summed E-state index contributed by atoms with van der Waals surface area (Å²) in [4.78, 5) is 35.4. The molecule has 3 rings (SSSR count). The largest absolute Gasteiger partial charge is 0.494 e. The van der Waals surface area contributed by atoms with E-state index < -0.39 is 5.91 Å². The Labute approximate surface area is 179 Å². The zero-order chi connectivity index (χ0) is 22.2. The molecule has 1 heterocycles. The van der Waals surface area contributed by atoms with Gasteiger partial charge in [0.15, 0.2) is 0 Å². The van der Waals surface area contributed by atoms with Crippen LogP contribution in [0.15, 0.2) is 65.5 Å². The molecule has 0 radical (unpaired) electrons. The Bertz CT molecular complexity index is 1110. The molecule has 31 heavy (non-hydrogen) atoms. The van der Waals surface area contributed by atoms with Gasteiger partial charge in [-0.25, -0.2) is 4.68 Å². The lowest BCUT2D eigenvalue weighted by Crippen LogP contribution is -2.23. The Morgan fingerprint density at radius 1 is 1.03 bits per heavy atom. The highest BCUT2D eigenvalue weighted by atomic mass is 16.5. The SMILES string of the molecule is CCOc1ccc(-c2ccc(=O)n(CCCC(=O)Nc3ccc(C(N)=O)cc3)n2)cc1. The predicted molar refractivity (Wildman–Crippen MR) is 118 cm³/mol. The average Bonchev–Trinajstić information content (AvgIpc) is 2.76. The number of aromatic nitrogens is 2. The number of benzene rings is 2. The highest BCUT2D eigenvalue weighted by Gasteiger charge is 2.07. The van der Waals surface area contributed by atoms with Gasteiger partial charge in [0.05, 0.1) is 12.3 Å². The van der Waals surface area contributed by atoms with Gasteiger partial charge in [0, 0.05) is 35.8 Å². The van der Waals surface area contributed by atoms with Gasteiger partial charge in [0.2, 0.25) is 11.8 Å². The zero-order valence-corrected chi connectivity index (χ0v) is 17.2. The summed E-state index contributed by atoms with van der Waals surface area (Å²) in [6.07, 6.45) is 0.670. The topological polar surface area (TPSA) is 116 Å². The van der Waals surface area contributed by atoms with E-state index in [0.29, 0.717) is 36.5 Å². The van der Waals surface area contributed by atoms with Crippen LogP contribution in [0.2, 0.25) is 0 Å². The maximum atomic E-state index is 12.2. The molecule has 0 saturated heterocycles. The molecule has 0 aliphatic heterocycles. The second-order valence-electron chi connectivity index (χ2n) is 6.83. The number of carbonyl (C=O) groups excluding carboxylic acids is 2. The van der Waals surface area contributed by atoms with E-state index in [1.807, 2.05) is 31.2 Å². The molecule has 3 N–H and O–H groups in total. The van der Waals surface area contributed by atoms with Gasteiger partial charge in [-0.2, -0.15) is 5.10 Å². The van der Waals surface area contributed by atoms with E-state index in [1.54, 1.807) is 30.3 Å². The first-order chi connectivity index (χ1) is 15.0. The van der Waals surface area contributed by atoms with Crippen molar-refractivity contribution in [1.29, 1.82) is 0 Å². The van der Waals surface area contributed by atoms with Crippen molar-refractivity contribution in [2.45, 2.75) is 26.3 Å². The Morgan fingerprint density at radius 3 is 2.39 bits per heavy atom. The van der Waals surface area contributed by atoms with Crippen LogP contribution < -0.4 is 21.3 Å². The minimum absolute atomic E-state index is 0.192. The standard InChI is InChI=1S/C23H24N4O4/c1-2-31-19-11-7-16(8-12-19)20-13-14-22(29)27(26-20)15-3-4-21(28)25-18-9-5-17(6-10-18)23(24)30/h5-14H,2-4,15H2,1H3,(H2,24,30)(H,25,28). The second-order valence-corrected chi connectivity index (χ2v) is 6.83. The van der Waals surface area contributed by atoms with Gasteiger partial charge < -0.3 is 15.8 Å². The first-order valence-corrected chi connectivity index (χ1v) is 9.97. The minimum Gasteiger partial charge on any atom is -0.494 e. The van der Waals surface area contributed by atoms with Crippen molar-refractivity contribution in [3.8, 4) is 17.0 Å². The number of nitrogens with one attached hydrogen (secondary N) is 1. The Balaban J connectivity index is 1.57. The van der Waals surface area contributed by atoms with Crippen LogP contribution in [0.3, 0.4) is 0 Å². The van der Waals surface area contributed by atoms with Crippen molar-refractivity contribution in [1.82, 2.24) is 9.78 Å². The number of rotatable bonds is 9. The molecule has 160 valence electrons. The van der Waals surface area contributed by atoms with E-state index in [9.17, 15) is 14.4 Å². The van der Waals surface area contributed by atoms with E-state index in [1.165, 1.54) is 10.7 Å². The lowest BCUT2D eigenvalue weighted by atomic mass is 10.1. The van der Waals surface area contributed by atoms with Crippen molar-refractivity contribution in [2.24, 2.45) is 5.73 Å². The summed E-state index contributed by atoms with van der Waals surface area (Å²) in [5.74, 6) is 0.0562. The van der Waals surface area contributed by atoms with Gasteiger partial charge >= 0.3 is 0 Å². The molecule has 0 unspecified atom stereocenters. The molecule has 0 saturated carbocycles. The molecular formula is C23H24N4O4. The Kier molecular flexibility index (Phi) is 7.16. The Morgan fingerprint density at radius 2 is 1.74 bits per heavy atom.